The number of sulfonamides is 1. The molecular weight excluding hydrogens is 344 g/mol. The van der Waals surface area contributed by atoms with E-state index in [0.29, 0.717) is 22.7 Å². The van der Waals surface area contributed by atoms with Crippen molar-refractivity contribution in [2.75, 3.05) is 40.3 Å². The maximum atomic E-state index is 12.4. The molecule has 0 spiro atoms. The van der Waals surface area contributed by atoms with Crippen LogP contribution in [0.5, 0.6) is 0 Å². The van der Waals surface area contributed by atoms with Crippen molar-refractivity contribution >= 4 is 27.3 Å². The van der Waals surface area contributed by atoms with E-state index in [2.05, 4.69) is 29.1 Å². The van der Waals surface area contributed by atoms with Crippen LogP contribution < -0.4 is 5.32 Å². The molecule has 1 saturated heterocycles. The third-order valence-corrected chi connectivity index (χ3v) is 8.02. The monoisotopic (exact) mass is 372 g/mol. The molecule has 0 amide bonds. The largest absolute Gasteiger partial charge is 0.355 e. The van der Waals surface area contributed by atoms with Crippen LogP contribution in [0, 0.1) is 5.41 Å². The number of likely N-dealkylation sites (N-methyl/N-ethyl adjacent to an activating group) is 1. The van der Waals surface area contributed by atoms with Gasteiger partial charge in [0, 0.05) is 40.3 Å². The van der Waals surface area contributed by atoms with E-state index >= 15 is 0 Å². The Morgan fingerprint density at radius 2 is 2.29 bits per heavy atom. The number of guanidine groups is 1. The lowest BCUT2D eigenvalue weighted by Gasteiger charge is -2.26. The molecule has 1 fully saturated rings. The third kappa shape index (κ3) is 4.29. The number of nitrogens with one attached hydrogen (secondary N) is 1. The van der Waals surface area contributed by atoms with Gasteiger partial charge in [-0.25, -0.2) is 8.42 Å². The van der Waals surface area contributed by atoms with Gasteiger partial charge in [-0.1, -0.05) is 19.9 Å². The molecule has 1 aliphatic rings. The van der Waals surface area contributed by atoms with E-state index in [0.717, 1.165) is 31.9 Å². The molecule has 0 aliphatic carbocycles. The van der Waals surface area contributed by atoms with Gasteiger partial charge in [0.25, 0.3) is 10.0 Å². The molecule has 0 aromatic carbocycles. The Morgan fingerprint density at radius 1 is 1.54 bits per heavy atom. The van der Waals surface area contributed by atoms with E-state index in [1.54, 1.807) is 31.6 Å². The zero-order valence-corrected chi connectivity index (χ0v) is 16.6. The fraction of sp³-hybridized carbons (Fsp3) is 0.688. The molecule has 2 heterocycles. The quantitative estimate of drug-likeness (QED) is 0.613. The minimum atomic E-state index is -3.38. The first-order chi connectivity index (χ1) is 11.3. The third-order valence-electron chi connectivity index (χ3n) is 4.79. The summed E-state index contributed by atoms with van der Waals surface area (Å²) in [5.41, 5.74) is 0.344. The topological polar surface area (TPSA) is 65.0 Å². The fourth-order valence-corrected chi connectivity index (χ4v) is 5.21. The second-order valence-electron chi connectivity index (χ2n) is 6.57. The lowest BCUT2D eigenvalue weighted by Crippen LogP contribution is -2.44. The summed E-state index contributed by atoms with van der Waals surface area (Å²) in [4.78, 5) is 6.61. The number of nitrogens with zero attached hydrogens (tertiary/aromatic N) is 3. The van der Waals surface area contributed by atoms with Gasteiger partial charge in [-0.3, -0.25) is 4.99 Å². The molecular formula is C16H28N4O2S2. The maximum absolute atomic E-state index is 12.4. The normalized spacial score (nSPS) is 22.4. The molecule has 1 atom stereocenters. The zero-order valence-electron chi connectivity index (χ0n) is 14.9. The van der Waals surface area contributed by atoms with Crippen LogP contribution in [-0.4, -0.2) is 63.9 Å². The van der Waals surface area contributed by atoms with E-state index in [1.807, 2.05) is 0 Å². The number of likely N-dealkylation sites (tertiary alicyclic amines) is 1. The Kier molecular flexibility index (Phi) is 6.28. The van der Waals surface area contributed by atoms with Crippen LogP contribution >= 0.6 is 11.3 Å². The highest BCUT2D eigenvalue weighted by molar-refractivity contribution is 7.91. The summed E-state index contributed by atoms with van der Waals surface area (Å²) in [5, 5.41) is 5.07. The van der Waals surface area contributed by atoms with Gasteiger partial charge in [0.15, 0.2) is 5.96 Å². The molecule has 8 heteroatoms. The van der Waals surface area contributed by atoms with Crippen molar-refractivity contribution in [1.29, 1.82) is 0 Å². The lowest BCUT2D eigenvalue weighted by atomic mass is 9.87. The number of thiophene rings is 1. The molecule has 2 rings (SSSR count). The van der Waals surface area contributed by atoms with E-state index in [1.165, 1.54) is 15.6 Å². The Hall–Kier alpha value is -1.12. The number of rotatable bonds is 6. The highest BCUT2D eigenvalue weighted by Crippen LogP contribution is 2.32. The summed E-state index contributed by atoms with van der Waals surface area (Å²) in [6, 6.07) is 3.39. The van der Waals surface area contributed by atoms with Crippen molar-refractivity contribution in [2.24, 2.45) is 10.4 Å². The molecule has 0 radical (unpaired) electrons. The van der Waals surface area contributed by atoms with Crippen molar-refractivity contribution in [2.45, 2.75) is 30.9 Å². The van der Waals surface area contributed by atoms with Gasteiger partial charge in [0.1, 0.15) is 4.21 Å². The van der Waals surface area contributed by atoms with E-state index in [9.17, 15) is 8.42 Å². The Labute approximate surface area is 149 Å². The molecule has 1 unspecified atom stereocenters. The predicted molar refractivity (Wildman–Crippen MR) is 100 cm³/mol. The minimum absolute atomic E-state index is 0.344. The summed E-state index contributed by atoms with van der Waals surface area (Å²) in [7, 11) is 0.00494. The Balaban J connectivity index is 1.87. The van der Waals surface area contributed by atoms with Crippen molar-refractivity contribution in [3.05, 3.63) is 17.5 Å². The second-order valence-corrected chi connectivity index (χ2v) is 9.79. The van der Waals surface area contributed by atoms with Crippen molar-refractivity contribution in [3.63, 3.8) is 0 Å². The fourth-order valence-electron chi connectivity index (χ4n) is 2.83. The van der Waals surface area contributed by atoms with Gasteiger partial charge in [0.2, 0.25) is 0 Å². The zero-order chi connectivity index (χ0) is 17.8. The minimum Gasteiger partial charge on any atom is -0.355 e. The average molecular weight is 373 g/mol. The summed E-state index contributed by atoms with van der Waals surface area (Å²) in [5.74, 6) is 0.856. The second kappa shape index (κ2) is 7.84. The number of hydrogen-bond acceptors (Lipinski definition) is 4. The van der Waals surface area contributed by atoms with Crippen molar-refractivity contribution in [3.8, 4) is 0 Å². The predicted octanol–water partition coefficient (Wildman–Crippen LogP) is 2.07. The molecule has 0 bridgehead atoms. The van der Waals surface area contributed by atoms with Crippen molar-refractivity contribution < 1.29 is 8.42 Å². The standard InChI is InChI=1S/C16H28N4O2S2/c1-5-16(2)8-10-20(13-16)15(17-3)18-9-11-19(4)24(21,22)14-7-6-12-23-14/h6-7,12H,5,8-11,13H2,1-4H3,(H,17,18). The van der Waals surface area contributed by atoms with Crippen LogP contribution in [-0.2, 0) is 10.0 Å². The van der Waals surface area contributed by atoms with Crippen LogP contribution in [0.2, 0.25) is 0 Å². The van der Waals surface area contributed by atoms with E-state index < -0.39 is 10.0 Å². The van der Waals surface area contributed by atoms with Gasteiger partial charge in [0.05, 0.1) is 0 Å². The van der Waals surface area contributed by atoms with Crippen LogP contribution in [0.1, 0.15) is 26.7 Å². The van der Waals surface area contributed by atoms with Crippen molar-refractivity contribution in [1.82, 2.24) is 14.5 Å². The average Bonchev–Trinajstić information content (AvgIpc) is 3.22. The summed E-state index contributed by atoms with van der Waals surface area (Å²) < 4.78 is 26.5. The van der Waals surface area contributed by atoms with E-state index in [4.69, 9.17) is 0 Å². The number of hydrogen-bond donors (Lipinski definition) is 1. The molecule has 6 nitrogen and oxygen atoms in total. The molecule has 1 aromatic rings. The van der Waals surface area contributed by atoms with Gasteiger partial charge >= 0.3 is 0 Å². The van der Waals surface area contributed by atoms with Gasteiger partial charge in [-0.15, -0.1) is 11.3 Å². The highest BCUT2D eigenvalue weighted by Gasteiger charge is 2.33. The summed E-state index contributed by atoms with van der Waals surface area (Å²) >= 11 is 1.24. The number of aliphatic imine (C=N–C) groups is 1. The molecule has 0 saturated carbocycles. The molecule has 1 aliphatic heterocycles. The Bertz CT molecular complexity index is 658. The van der Waals surface area contributed by atoms with E-state index in [-0.39, 0.29) is 0 Å². The smallest absolute Gasteiger partial charge is 0.252 e. The molecule has 1 N–H and O–H groups in total. The molecule has 136 valence electrons. The maximum Gasteiger partial charge on any atom is 0.252 e. The van der Waals surface area contributed by atoms with Crippen LogP contribution in [0.4, 0.5) is 0 Å². The first-order valence-corrected chi connectivity index (χ1v) is 10.6. The summed E-state index contributed by atoms with van der Waals surface area (Å²) in [6.07, 6.45) is 2.32. The molecule has 24 heavy (non-hydrogen) atoms. The van der Waals surface area contributed by atoms with Crippen LogP contribution in [0.15, 0.2) is 26.7 Å². The molecule has 1 aromatic heterocycles. The summed E-state index contributed by atoms with van der Waals surface area (Å²) in [6.45, 7) is 7.46. The highest BCUT2D eigenvalue weighted by atomic mass is 32.2. The Morgan fingerprint density at radius 3 is 2.83 bits per heavy atom. The van der Waals surface area contributed by atoms with Crippen LogP contribution in [0.3, 0.4) is 0 Å². The van der Waals surface area contributed by atoms with Gasteiger partial charge in [-0.05, 0) is 29.7 Å². The van der Waals surface area contributed by atoms with Gasteiger partial charge in [-0.2, -0.15) is 4.31 Å². The SMILES string of the molecule is CCC1(C)CCN(C(=NC)NCCN(C)S(=O)(=O)c2cccs2)C1. The first-order valence-electron chi connectivity index (χ1n) is 8.28. The first kappa shape index (κ1) is 19.2. The van der Waals surface area contributed by atoms with Gasteiger partial charge < -0.3 is 10.2 Å². The van der Waals surface area contributed by atoms with Crippen LogP contribution in [0.25, 0.3) is 0 Å². The lowest BCUT2D eigenvalue weighted by molar-refractivity contribution is 0.321.